The van der Waals surface area contributed by atoms with Crippen molar-refractivity contribution in [3.8, 4) is 11.5 Å². The smallest absolute Gasteiger partial charge is 0.314 e. The molecule has 2 aliphatic rings. The van der Waals surface area contributed by atoms with Crippen LogP contribution in [-0.4, -0.2) is 24.3 Å². The summed E-state index contributed by atoms with van der Waals surface area (Å²) in [4.78, 5) is 11.9. The van der Waals surface area contributed by atoms with Crippen LogP contribution < -0.4 is 9.47 Å². The Morgan fingerprint density at radius 3 is 2.36 bits per heavy atom. The van der Waals surface area contributed by atoms with Crippen LogP contribution in [0.1, 0.15) is 56.6 Å². The average molecular weight is 325 g/mol. The highest BCUT2D eigenvalue weighted by Gasteiger charge is 2.48. The molecule has 0 radical (unpaired) electrons. The second-order valence-electron chi connectivity index (χ2n) is 6.42. The molecule has 3 rings (SSSR count). The number of hydrogen-bond donors (Lipinski definition) is 1. The summed E-state index contributed by atoms with van der Waals surface area (Å²) < 4.78 is 11.6. The second kappa shape index (κ2) is 5.65. The quantitative estimate of drug-likeness (QED) is 0.908. The van der Waals surface area contributed by atoms with Crippen LogP contribution in [0.15, 0.2) is 6.07 Å². The molecule has 1 aromatic carbocycles. The number of hydrogen-bond acceptors (Lipinski definition) is 3. The molecule has 120 valence electrons. The fourth-order valence-electron chi connectivity index (χ4n) is 3.41. The van der Waals surface area contributed by atoms with Gasteiger partial charge in [0.05, 0.1) is 23.7 Å². The Bertz CT molecular complexity index is 605. The van der Waals surface area contributed by atoms with Crippen LogP contribution in [0.4, 0.5) is 0 Å². The highest BCUT2D eigenvalue weighted by atomic mass is 35.5. The molecule has 0 saturated heterocycles. The van der Waals surface area contributed by atoms with Gasteiger partial charge in [0.1, 0.15) is 0 Å². The van der Waals surface area contributed by atoms with Gasteiger partial charge in [-0.05, 0) is 30.4 Å². The number of fused-ring (bicyclic) bond motifs is 1. The van der Waals surface area contributed by atoms with E-state index in [2.05, 4.69) is 13.8 Å². The first-order chi connectivity index (χ1) is 10.5. The lowest BCUT2D eigenvalue weighted by atomic mass is 9.62. The van der Waals surface area contributed by atoms with Crippen molar-refractivity contribution in [2.75, 3.05) is 13.2 Å². The van der Waals surface area contributed by atoms with Gasteiger partial charge in [-0.25, -0.2) is 0 Å². The van der Waals surface area contributed by atoms with Crippen molar-refractivity contribution in [1.29, 1.82) is 0 Å². The lowest BCUT2D eigenvalue weighted by Gasteiger charge is -2.40. The molecule has 5 heteroatoms. The van der Waals surface area contributed by atoms with E-state index in [1.54, 1.807) is 6.07 Å². The van der Waals surface area contributed by atoms with Crippen molar-refractivity contribution >= 4 is 17.6 Å². The summed E-state index contributed by atoms with van der Waals surface area (Å²) in [5.74, 6) is 0.569. The summed E-state index contributed by atoms with van der Waals surface area (Å²) in [5.41, 5.74) is 0.910. The number of benzene rings is 1. The molecule has 0 aromatic heterocycles. The summed E-state index contributed by atoms with van der Waals surface area (Å²) in [6, 6.07) is 1.79. The highest BCUT2D eigenvalue weighted by Crippen LogP contribution is 2.53. The number of carboxylic acid groups (broad SMARTS) is 1. The number of rotatable bonds is 3. The van der Waals surface area contributed by atoms with Gasteiger partial charge in [0, 0.05) is 12.0 Å². The number of carbonyl (C=O) groups is 1. The second-order valence-corrected chi connectivity index (χ2v) is 6.83. The number of aliphatic carboxylic acids is 1. The third kappa shape index (κ3) is 2.24. The van der Waals surface area contributed by atoms with E-state index in [4.69, 9.17) is 21.1 Å². The van der Waals surface area contributed by atoms with Crippen LogP contribution in [0, 0.1) is 0 Å². The molecule has 1 heterocycles. The van der Waals surface area contributed by atoms with E-state index in [9.17, 15) is 9.90 Å². The van der Waals surface area contributed by atoms with Crippen LogP contribution in [-0.2, 0) is 10.2 Å². The predicted molar refractivity (Wildman–Crippen MR) is 84.3 cm³/mol. The van der Waals surface area contributed by atoms with Crippen molar-refractivity contribution in [2.45, 2.75) is 50.9 Å². The highest BCUT2D eigenvalue weighted by molar-refractivity contribution is 6.32. The molecule has 1 saturated carbocycles. The molecule has 0 bridgehead atoms. The molecule has 22 heavy (non-hydrogen) atoms. The van der Waals surface area contributed by atoms with Crippen molar-refractivity contribution in [3.05, 3.63) is 22.2 Å². The van der Waals surface area contributed by atoms with E-state index in [0.717, 1.165) is 24.0 Å². The molecule has 0 unspecified atom stereocenters. The van der Waals surface area contributed by atoms with Crippen molar-refractivity contribution in [1.82, 2.24) is 0 Å². The van der Waals surface area contributed by atoms with Gasteiger partial charge < -0.3 is 14.6 Å². The van der Waals surface area contributed by atoms with E-state index >= 15 is 0 Å². The topological polar surface area (TPSA) is 55.8 Å². The zero-order valence-electron chi connectivity index (χ0n) is 12.9. The van der Waals surface area contributed by atoms with Gasteiger partial charge in [-0.1, -0.05) is 31.9 Å². The Morgan fingerprint density at radius 2 is 1.86 bits per heavy atom. The Labute approximate surface area is 135 Å². The van der Waals surface area contributed by atoms with Crippen molar-refractivity contribution in [3.63, 3.8) is 0 Å². The minimum absolute atomic E-state index is 0.138. The zero-order valence-corrected chi connectivity index (χ0v) is 13.7. The van der Waals surface area contributed by atoms with E-state index in [1.165, 1.54) is 0 Å². The molecule has 1 aromatic rings. The molecule has 1 fully saturated rings. The Morgan fingerprint density at radius 1 is 1.23 bits per heavy atom. The van der Waals surface area contributed by atoms with Crippen LogP contribution in [0.25, 0.3) is 0 Å². The van der Waals surface area contributed by atoms with Gasteiger partial charge in [-0.3, -0.25) is 4.79 Å². The zero-order chi connectivity index (χ0) is 15.9. The van der Waals surface area contributed by atoms with Gasteiger partial charge in [0.2, 0.25) is 0 Å². The molecule has 4 nitrogen and oxygen atoms in total. The minimum atomic E-state index is -0.825. The van der Waals surface area contributed by atoms with E-state index in [1.807, 2.05) is 0 Å². The molecule has 0 amide bonds. The first kappa shape index (κ1) is 15.5. The van der Waals surface area contributed by atoms with Crippen LogP contribution in [0.3, 0.4) is 0 Å². The molecule has 1 aliphatic carbocycles. The first-order valence-electron chi connectivity index (χ1n) is 7.83. The maximum atomic E-state index is 11.9. The summed E-state index contributed by atoms with van der Waals surface area (Å²) in [7, 11) is 0. The van der Waals surface area contributed by atoms with Crippen LogP contribution >= 0.6 is 11.6 Å². The van der Waals surface area contributed by atoms with Gasteiger partial charge in [0.15, 0.2) is 11.5 Å². The van der Waals surface area contributed by atoms with Crippen molar-refractivity contribution < 1.29 is 19.4 Å². The van der Waals surface area contributed by atoms with Crippen LogP contribution in [0.5, 0.6) is 11.5 Å². The lowest BCUT2D eigenvalue weighted by molar-refractivity contribution is -0.147. The fourth-order valence-corrected chi connectivity index (χ4v) is 3.66. The van der Waals surface area contributed by atoms with Gasteiger partial charge in [-0.2, -0.15) is 0 Å². The number of ether oxygens (including phenoxy) is 2. The largest absolute Gasteiger partial charge is 0.489 e. The predicted octanol–water partition coefficient (Wildman–Crippen LogP) is 4.13. The summed E-state index contributed by atoms with van der Waals surface area (Å²) in [5, 5.41) is 10.2. The van der Waals surface area contributed by atoms with Crippen molar-refractivity contribution in [2.24, 2.45) is 0 Å². The maximum absolute atomic E-state index is 11.9. The number of halogens is 1. The number of carboxylic acids is 1. The van der Waals surface area contributed by atoms with E-state index in [0.29, 0.717) is 42.6 Å². The molecular formula is C17H21ClO4. The third-order valence-corrected chi connectivity index (χ3v) is 5.00. The molecule has 1 N–H and O–H groups in total. The van der Waals surface area contributed by atoms with Gasteiger partial charge in [0.25, 0.3) is 0 Å². The fraction of sp³-hybridized carbons (Fsp3) is 0.588. The minimum Gasteiger partial charge on any atom is -0.489 e. The van der Waals surface area contributed by atoms with E-state index < -0.39 is 11.4 Å². The summed E-state index contributed by atoms with van der Waals surface area (Å²) in [6.07, 6.45) is 3.02. The molecular weight excluding hydrogens is 304 g/mol. The monoisotopic (exact) mass is 324 g/mol. The summed E-state index contributed by atoms with van der Waals surface area (Å²) >= 11 is 6.39. The molecule has 0 spiro atoms. The molecule has 1 aliphatic heterocycles. The third-order valence-electron chi connectivity index (χ3n) is 4.72. The van der Waals surface area contributed by atoms with Gasteiger partial charge in [-0.15, -0.1) is 0 Å². The Balaban J connectivity index is 2.24. The summed E-state index contributed by atoms with van der Waals surface area (Å²) in [6.45, 7) is 5.23. The Kier molecular flexibility index (Phi) is 3.98. The van der Waals surface area contributed by atoms with Crippen LogP contribution in [0.2, 0.25) is 5.02 Å². The first-order valence-corrected chi connectivity index (χ1v) is 8.21. The average Bonchev–Trinajstić information content (AvgIpc) is 2.62. The Hall–Kier alpha value is -1.42. The van der Waals surface area contributed by atoms with Gasteiger partial charge >= 0.3 is 5.97 Å². The standard InChI is InChI=1S/C17H21ClO4/c1-10(2)13-11(17(16(19)20)5-3-6-17)9-12(18)14-15(13)22-8-4-7-21-14/h9-10H,3-8H2,1-2H3,(H,19,20). The maximum Gasteiger partial charge on any atom is 0.314 e. The normalized spacial score (nSPS) is 19.5. The lowest BCUT2D eigenvalue weighted by Crippen LogP contribution is -2.43. The molecule has 0 atom stereocenters. The SMILES string of the molecule is CC(C)c1c(C2(C(=O)O)CCC2)cc(Cl)c2c1OCCCO2. The van der Waals surface area contributed by atoms with E-state index in [-0.39, 0.29) is 5.92 Å².